The molecule has 0 aliphatic carbocycles. The zero-order valence-corrected chi connectivity index (χ0v) is 10.7. The summed E-state index contributed by atoms with van der Waals surface area (Å²) in [5.41, 5.74) is 0.743. The van der Waals surface area contributed by atoms with Crippen molar-refractivity contribution in [2.45, 2.75) is 3.79 Å². The molecule has 0 fully saturated rings. The van der Waals surface area contributed by atoms with E-state index >= 15 is 0 Å². The van der Waals surface area contributed by atoms with Crippen molar-refractivity contribution in [2.24, 2.45) is 0 Å². The fraction of sp³-hybridized carbons (Fsp3) is 0.182. The standard InChI is InChI=1S/C11H9Cl3O2/c1-16-9(7-10(15)11(12,13)14)8-5-3-2-4-6-8/h2-7H,1H3. The lowest BCUT2D eigenvalue weighted by Crippen LogP contribution is -2.16. The number of hydrogen-bond donors (Lipinski definition) is 0. The summed E-state index contributed by atoms with van der Waals surface area (Å²) >= 11 is 16.4. The molecule has 0 radical (unpaired) electrons. The number of benzene rings is 1. The lowest BCUT2D eigenvalue weighted by molar-refractivity contribution is -0.113. The fourth-order valence-corrected chi connectivity index (χ4v) is 1.23. The van der Waals surface area contributed by atoms with E-state index in [0.717, 1.165) is 5.56 Å². The Hall–Kier alpha value is -0.700. The second kappa shape index (κ2) is 5.58. The Bertz CT molecular complexity index is 393. The van der Waals surface area contributed by atoms with Crippen molar-refractivity contribution in [1.29, 1.82) is 0 Å². The minimum Gasteiger partial charge on any atom is -0.496 e. The molecule has 0 saturated carbocycles. The molecule has 86 valence electrons. The van der Waals surface area contributed by atoms with Crippen LogP contribution in [0.5, 0.6) is 0 Å². The number of halogens is 3. The lowest BCUT2D eigenvalue weighted by Gasteiger charge is -2.09. The number of allylic oxidation sites excluding steroid dienone is 1. The number of hydrogen-bond acceptors (Lipinski definition) is 2. The smallest absolute Gasteiger partial charge is 0.252 e. The second-order valence-electron chi connectivity index (χ2n) is 2.94. The first-order valence-electron chi connectivity index (χ1n) is 4.37. The van der Waals surface area contributed by atoms with Gasteiger partial charge < -0.3 is 4.74 Å². The van der Waals surface area contributed by atoms with Gasteiger partial charge in [-0.05, 0) is 0 Å². The predicted molar refractivity (Wildman–Crippen MR) is 66.7 cm³/mol. The maximum absolute atomic E-state index is 11.5. The molecular formula is C11H9Cl3O2. The van der Waals surface area contributed by atoms with Crippen LogP contribution in [0.4, 0.5) is 0 Å². The van der Waals surface area contributed by atoms with Gasteiger partial charge in [-0.15, -0.1) is 0 Å². The second-order valence-corrected chi connectivity index (χ2v) is 5.22. The van der Waals surface area contributed by atoms with Crippen LogP contribution in [0, 0.1) is 0 Å². The van der Waals surface area contributed by atoms with Crippen LogP contribution < -0.4 is 0 Å². The van der Waals surface area contributed by atoms with Crippen LogP contribution in [0.1, 0.15) is 5.56 Å². The number of methoxy groups -OCH3 is 1. The first-order valence-corrected chi connectivity index (χ1v) is 5.51. The topological polar surface area (TPSA) is 26.3 Å². The van der Waals surface area contributed by atoms with E-state index in [1.54, 1.807) is 12.1 Å². The number of ketones is 1. The Labute approximate surface area is 109 Å². The normalized spacial score (nSPS) is 12.4. The summed E-state index contributed by atoms with van der Waals surface area (Å²) in [6.45, 7) is 0. The lowest BCUT2D eigenvalue weighted by atomic mass is 10.1. The molecule has 1 aromatic rings. The van der Waals surface area contributed by atoms with Gasteiger partial charge >= 0.3 is 0 Å². The van der Waals surface area contributed by atoms with Gasteiger partial charge in [-0.3, -0.25) is 4.79 Å². The number of rotatable bonds is 3. The third kappa shape index (κ3) is 3.71. The average molecular weight is 280 g/mol. The molecule has 0 atom stereocenters. The first-order chi connectivity index (χ1) is 7.45. The van der Waals surface area contributed by atoms with Gasteiger partial charge in [-0.1, -0.05) is 65.1 Å². The summed E-state index contributed by atoms with van der Waals surface area (Å²) in [5.74, 6) is -0.282. The quantitative estimate of drug-likeness (QED) is 0.480. The Morgan fingerprint density at radius 3 is 2.25 bits per heavy atom. The average Bonchev–Trinajstić information content (AvgIpc) is 2.25. The van der Waals surface area contributed by atoms with Crippen LogP contribution in [0.2, 0.25) is 0 Å². The van der Waals surface area contributed by atoms with Crippen molar-refractivity contribution in [3.05, 3.63) is 42.0 Å². The number of alkyl halides is 3. The van der Waals surface area contributed by atoms with Gasteiger partial charge in [-0.2, -0.15) is 0 Å². The molecule has 0 aromatic heterocycles. The third-order valence-corrected chi connectivity index (χ3v) is 2.38. The van der Waals surface area contributed by atoms with Crippen molar-refractivity contribution < 1.29 is 9.53 Å². The van der Waals surface area contributed by atoms with Gasteiger partial charge in [0, 0.05) is 11.6 Å². The summed E-state index contributed by atoms with van der Waals surface area (Å²) in [7, 11) is 1.45. The van der Waals surface area contributed by atoms with Crippen LogP contribution in [-0.2, 0) is 9.53 Å². The van der Waals surface area contributed by atoms with E-state index in [-0.39, 0.29) is 0 Å². The van der Waals surface area contributed by atoms with Crippen LogP contribution in [0.15, 0.2) is 36.4 Å². The molecule has 0 aliphatic heterocycles. The summed E-state index contributed by atoms with van der Waals surface area (Å²) in [4.78, 5) is 11.5. The van der Waals surface area contributed by atoms with Crippen molar-refractivity contribution in [2.75, 3.05) is 7.11 Å². The fourth-order valence-electron chi connectivity index (χ4n) is 1.06. The molecule has 1 aromatic carbocycles. The highest BCUT2D eigenvalue weighted by Gasteiger charge is 2.29. The van der Waals surface area contributed by atoms with Crippen LogP contribution in [-0.4, -0.2) is 16.7 Å². The largest absolute Gasteiger partial charge is 0.496 e. The SMILES string of the molecule is COC(=CC(=O)C(Cl)(Cl)Cl)c1ccccc1. The molecule has 0 aliphatic rings. The zero-order chi connectivity index (χ0) is 12.2. The Morgan fingerprint density at radius 1 is 1.25 bits per heavy atom. The van der Waals surface area contributed by atoms with Crippen LogP contribution >= 0.6 is 34.8 Å². The molecule has 0 saturated heterocycles. The summed E-state index contributed by atoms with van der Waals surface area (Å²) in [6.07, 6.45) is 1.17. The summed E-state index contributed by atoms with van der Waals surface area (Å²) < 4.78 is 3.11. The highest BCUT2D eigenvalue weighted by molar-refractivity contribution is 6.77. The zero-order valence-electron chi connectivity index (χ0n) is 8.41. The van der Waals surface area contributed by atoms with Crippen LogP contribution in [0.3, 0.4) is 0 Å². The highest BCUT2D eigenvalue weighted by atomic mass is 35.6. The molecular weight excluding hydrogens is 270 g/mol. The molecule has 0 unspecified atom stereocenters. The first kappa shape index (κ1) is 13.4. The van der Waals surface area contributed by atoms with E-state index in [4.69, 9.17) is 39.5 Å². The van der Waals surface area contributed by atoms with Crippen molar-refractivity contribution in [3.8, 4) is 0 Å². The van der Waals surface area contributed by atoms with E-state index in [0.29, 0.717) is 5.76 Å². The Morgan fingerprint density at radius 2 is 1.81 bits per heavy atom. The highest BCUT2D eigenvalue weighted by Crippen LogP contribution is 2.29. The number of carbonyl (C=O) groups excluding carboxylic acids is 1. The van der Waals surface area contributed by atoms with Crippen molar-refractivity contribution in [3.63, 3.8) is 0 Å². The minimum atomic E-state index is -1.96. The van der Waals surface area contributed by atoms with Crippen molar-refractivity contribution in [1.82, 2.24) is 0 Å². The number of carbonyl (C=O) groups is 1. The molecule has 1 rings (SSSR count). The summed E-state index contributed by atoms with van der Waals surface area (Å²) in [6, 6.07) is 9.08. The van der Waals surface area contributed by atoms with Crippen molar-refractivity contribution >= 4 is 46.3 Å². The molecule has 0 bridgehead atoms. The minimum absolute atomic E-state index is 0.358. The predicted octanol–water partition coefficient (Wildman–Crippen LogP) is 3.61. The van der Waals surface area contributed by atoms with E-state index in [2.05, 4.69) is 0 Å². The third-order valence-electron chi connectivity index (χ3n) is 1.82. The van der Waals surface area contributed by atoms with E-state index < -0.39 is 9.58 Å². The van der Waals surface area contributed by atoms with Gasteiger partial charge in [0.1, 0.15) is 5.76 Å². The molecule has 2 nitrogen and oxygen atoms in total. The van der Waals surface area contributed by atoms with E-state index in [1.807, 2.05) is 18.2 Å². The molecule has 0 heterocycles. The Balaban J connectivity index is 3.00. The van der Waals surface area contributed by atoms with Gasteiger partial charge in [0.2, 0.25) is 5.78 Å². The van der Waals surface area contributed by atoms with Gasteiger partial charge in [0.25, 0.3) is 3.79 Å². The van der Waals surface area contributed by atoms with E-state index in [1.165, 1.54) is 13.2 Å². The van der Waals surface area contributed by atoms with Gasteiger partial charge in [0.05, 0.1) is 7.11 Å². The molecule has 0 N–H and O–H groups in total. The van der Waals surface area contributed by atoms with E-state index in [9.17, 15) is 4.79 Å². The molecule has 0 amide bonds. The monoisotopic (exact) mass is 278 g/mol. The molecule has 5 heteroatoms. The summed E-state index contributed by atoms with van der Waals surface area (Å²) in [5, 5.41) is 0. The molecule has 16 heavy (non-hydrogen) atoms. The maximum atomic E-state index is 11.5. The number of ether oxygens (including phenoxy) is 1. The maximum Gasteiger partial charge on any atom is 0.252 e. The van der Waals surface area contributed by atoms with Gasteiger partial charge in [0.15, 0.2) is 0 Å². The molecule has 0 spiro atoms. The Kier molecular flexibility index (Phi) is 4.66. The van der Waals surface area contributed by atoms with Gasteiger partial charge in [-0.25, -0.2) is 0 Å². The van der Waals surface area contributed by atoms with Crippen LogP contribution in [0.25, 0.3) is 5.76 Å².